The van der Waals surface area contributed by atoms with E-state index in [1.54, 1.807) is 7.05 Å². The Morgan fingerprint density at radius 3 is 2.48 bits per heavy atom. The van der Waals surface area contributed by atoms with Crippen molar-refractivity contribution in [1.29, 1.82) is 0 Å². The number of aliphatic imine (C=N–C) groups is 1. The van der Waals surface area contributed by atoms with Crippen molar-refractivity contribution in [2.45, 2.75) is 50.4 Å². The average molecular weight is 551 g/mol. The van der Waals surface area contributed by atoms with Crippen LogP contribution in [0.2, 0.25) is 0 Å². The molecule has 176 valence electrons. The first-order chi connectivity index (χ1) is 14.6. The van der Waals surface area contributed by atoms with E-state index in [1.165, 1.54) is 18.2 Å². The molecule has 0 aromatic heterocycles. The molecule has 1 saturated heterocycles. The number of nitrogens with one attached hydrogen (secondary N) is 2. The first kappa shape index (κ1) is 26.3. The fourth-order valence-corrected chi connectivity index (χ4v) is 4.59. The van der Waals surface area contributed by atoms with E-state index in [0.29, 0.717) is 25.0 Å². The minimum atomic E-state index is -0.528. The van der Waals surface area contributed by atoms with Crippen LogP contribution in [0.15, 0.2) is 23.2 Å². The summed E-state index contributed by atoms with van der Waals surface area (Å²) in [4.78, 5) is 4.26. The molecular formula is C23H36F2IN3O2. The fourth-order valence-electron chi connectivity index (χ4n) is 4.59. The number of nitrogens with zero attached hydrogens (tertiary/aromatic N) is 1. The number of guanidine groups is 1. The lowest BCUT2D eigenvalue weighted by molar-refractivity contribution is 0.0203. The Morgan fingerprint density at radius 2 is 1.84 bits per heavy atom. The summed E-state index contributed by atoms with van der Waals surface area (Å²) in [7, 11) is 1.71. The summed E-state index contributed by atoms with van der Waals surface area (Å²) in [6.07, 6.45) is 6.54. The van der Waals surface area contributed by atoms with Crippen molar-refractivity contribution in [2.75, 3.05) is 46.6 Å². The molecule has 0 bridgehead atoms. The Bertz CT molecular complexity index is 673. The van der Waals surface area contributed by atoms with Gasteiger partial charge in [0.15, 0.2) is 5.96 Å². The monoisotopic (exact) mass is 551 g/mol. The zero-order valence-corrected chi connectivity index (χ0v) is 20.8. The summed E-state index contributed by atoms with van der Waals surface area (Å²) in [6.45, 7) is 4.38. The third kappa shape index (κ3) is 7.53. The maximum absolute atomic E-state index is 14.5. The number of ether oxygens (including phenoxy) is 2. The van der Waals surface area contributed by atoms with Crippen LogP contribution < -0.4 is 10.6 Å². The number of hydrogen-bond acceptors (Lipinski definition) is 3. The quantitative estimate of drug-likeness (QED) is 0.207. The molecule has 0 atom stereocenters. The molecule has 2 fully saturated rings. The molecule has 0 amide bonds. The van der Waals surface area contributed by atoms with Crippen molar-refractivity contribution in [3.63, 3.8) is 0 Å². The molecular weight excluding hydrogens is 515 g/mol. The van der Waals surface area contributed by atoms with Gasteiger partial charge in [-0.2, -0.15) is 0 Å². The summed E-state index contributed by atoms with van der Waals surface area (Å²) in [5.74, 6) is 0.358. The van der Waals surface area contributed by atoms with Crippen LogP contribution in [0.25, 0.3) is 0 Å². The molecule has 1 saturated carbocycles. The average Bonchev–Trinajstić information content (AvgIpc) is 3.23. The molecule has 1 aromatic carbocycles. The summed E-state index contributed by atoms with van der Waals surface area (Å²) < 4.78 is 40.1. The molecule has 1 aliphatic carbocycles. The van der Waals surface area contributed by atoms with Crippen LogP contribution in [0.3, 0.4) is 0 Å². The second-order valence-electron chi connectivity index (χ2n) is 8.42. The van der Waals surface area contributed by atoms with Crippen molar-refractivity contribution < 1.29 is 18.3 Å². The zero-order valence-electron chi connectivity index (χ0n) is 18.4. The summed E-state index contributed by atoms with van der Waals surface area (Å²) >= 11 is 0. The first-order valence-corrected chi connectivity index (χ1v) is 11.2. The predicted molar refractivity (Wildman–Crippen MR) is 130 cm³/mol. The van der Waals surface area contributed by atoms with Crippen LogP contribution in [-0.2, 0) is 14.9 Å². The van der Waals surface area contributed by atoms with Crippen molar-refractivity contribution >= 4 is 29.9 Å². The van der Waals surface area contributed by atoms with E-state index in [2.05, 4.69) is 15.6 Å². The lowest BCUT2D eigenvalue weighted by atomic mass is 9.78. The maximum Gasteiger partial charge on any atom is 0.191 e. The Kier molecular flexibility index (Phi) is 11.5. The standard InChI is InChI=1S/C23H35F2N3O2.HI/c1-26-22(27-12-5-13-30-16-18-8-14-29-15-9-18)28-17-23(10-2-3-11-23)21-19(24)6-4-7-20(21)25;/h4,6-7,18H,2-3,5,8-17H2,1H3,(H2,26,27,28);1H. The largest absolute Gasteiger partial charge is 0.381 e. The van der Waals surface area contributed by atoms with E-state index in [1.807, 2.05) is 0 Å². The number of benzene rings is 1. The van der Waals surface area contributed by atoms with E-state index in [-0.39, 0.29) is 29.5 Å². The van der Waals surface area contributed by atoms with Gasteiger partial charge in [-0.1, -0.05) is 18.9 Å². The molecule has 1 heterocycles. The second-order valence-corrected chi connectivity index (χ2v) is 8.42. The molecule has 5 nitrogen and oxygen atoms in total. The Balaban J connectivity index is 0.00000341. The minimum absolute atomic E-state index is 0. The Hall–Kier alpha value is -1.000. The number of halogens is 3. The maximum atomic E-state index is 14.5. The van der Waals surface area contributed by atoms with Crippen molar-refractivity contribution in [1.82, 2.24) is 10.6 Å². The van der Waals surface area contributed by atoms with Crippen molar-refractivity contribution in [3.8, 4) is 0 Å². The van der Waals surface area contributed by atoms with Gasteiger partial charge < -0.3 is 20.1 Å². The fraction of sp³-hybridized carbons (Fsp3) is 0.696. The highest BCUT2D eigenvalue weighted by Gasteiger charge is 2.39. The smallest absolute Gasteiger partial charge is 0.191 e. The van der Waals surface area contributed by atoms with Crippen LogP contribution in [0.4, 0.5) is 8.78 Å². The predicted octanol–water partition coefficient (Wildman–Crippen LogP) is 4.39. The third-order valence-electron chi connectivity index (χ3n) is 6.32. The second kappa shape index (κ2) is 13.5. The van der Waals surface area contributed by atoms with Gasteiger partial charge in [-0.15, -0.1) is 24.0 Å². The van der Waals surface area contributed by atoms with Crippen LogP contribution in [0, 0.1) is 17.6 Å². The van der Waals surface area contributed by atoms with E-state index < -0.39 is 17.0 Å². The molecule has 0 unspecified atom stereocenters. The van der Waals surface area contributed by atoms with Crippen LogP contribution >= 0.6 is 24.0 Å². The topological polar surface area (TPSA) is 54.9 Å². The van der Waals surface area contributed by atoms with Crippen molar-refractivity contribution in [2.24, 2.45) is 10.9 Å². The molecule has 3 rings (SSSR count). The van der Waals surface area contributed by atoms with Gasteiger partial charge >= 0.3 is 0 Å². The highest BCUT2D eigenvalue weighted by Crippen LogP contribution is 2.42. The number of hydrogen-bond donors (Lipinski definition) is 2. The highest BCUT2D eigenvalue weighted by molar-refractivity contribution is 14.0. The van der Waals surface area contributed by atoms with E-state index in [9.17, 15) is 8.78 Å². The van der Waals surface area contributed by atoms with Crippen LogP contribution in [0.5, 0.6) is 0 Å². The molecule has 1 aliphatic heterocycles. The van der Waals surface area contributed by atoms with E-state index >= 15 is 0 Å². The van der Waals surface area contributed by atoms with Gasteiger partial charge in [0.2, 0.25) is 0 Å². The van der Waals surface area contributed by atoms with Gasteiger partial charge in [-0.05, 0) is 50.2 Å². The van der Waals surface area contributed by atoms with Gasteiger partial charge in [-0.3, -0.25) is 4.99 Å². The molecule has 1 aromatic rings. The van der Waals surface area contributed by atoms with Crippen molar-refractivity contribution in [3.05, 3.63) is 35.4 Å². The normalized spacial score (nSPS) is 19.1. The van der Waals surface area contributed by atoms with Crippen LogP contribution in [0.1, 0.15) is 50.5 Å². The van der Waals surface area contributed by atoms with Gasteiger partial charge in [0.25, 0.3) is 0 Å². The molecule has 0 spiro atoms. The van der Waals surface area contributed by atoms with Crippen LogP contribution in [-0.4, -0.2) is 52.5 Å². The Labute approximate surface area is 201 Å². The Morgan fingerprint density at radius 1 is 1.16 bits per heavy atom. The molecule has 2 aliphatic rings. The number of rotatable bonds is 9. The summed E-state index contributed by atoms with van der Waals surface area (Å²) in [5.41, 5.74) is -0.313. The zero-order chi connectivity index (χ0) is 21.2. The van der Waals surface area contributed by atoms with Gasteiger partial charge in [0.1, 0.15) is 11.6 Å². The highest BCUT2D eigenvalue weighted by atomic mass is 127. The molecule has 8 heteroatoms. The van der Waals surface area contributed by atoms with E-state index in [0.717, 1.165) is 71.3 Å². The van der Waals surface area contributed by atoms with Gasteiger partial charge in [-0.25, -0.2) is 8.78 Å². The van der Waals surface area contributed by atoms with Gasteiger partial charge in [0.05, 0.1) is 0 Å². The molecule has 31 heavy (non-hydrogen) atoms. The minimum Gasteiger partial charge on any atom is -0.381 e. The third-order valence-corrected chi connectivity index (χ3v) is 6.32. The summed E-state index contributed by atoms with van der Waals surface area (Å²) in [5, 5.41) is 6.58. The molecule has 0 radical (unpaired) electrons. The summed E-state index contributed by atoms with van der Waals surface area (Å²) in [6, 6.07) is 4.13. The van der Waals surface area contributed by atoms with E-state index in [4.69, 9.17) is 9.47 Å². The first-order valence-electron chi connectivity index (χ1n) is 11.2. The lowest BCUT2D eigenvalue weighted by Gasteiger charge is -2.31. The van der Waals surface area contributed by atoms with Gasteiger partial charge in [0, 0.05) is 57.5 Å². The molecule has 2 N–H and O–H groups in total. The lowest BCUT2D eigenvalue weighted by Crippen LogP contribution is -2.45. The SMILES string of the molecule is CN=C(NCCCOCC1CCOCC1)NCC1(c2c(F)cccc2F)CCCC1.I.